The molecule has 6 heteroatoms. The van der Waals surface area contributed by atoms with Crippen LogP contribution in [-0.2, 0) is 6.54 Å². The molecule has 0 spiro atoms. The van der Waals surface area contributed by atoms with Gasteiger partial charge in [-0.15, -0.1) is 0 Å². The lowest BCUT2D eigenvalue weighted by molar-refractivity contribution is 0.0543. The minimum absolute atomic E-state index is 0.0159. The number of furan rings is 1. The van der Waals surface area contributed by atoms with Crippen LogP contribution in [0.25, 0.3) is 0 Å². The summed E-state index contributed by atoms with van der Waals surface area (Å²) >= 11 is 0. The van der Waals surface area contributed by atoms with Crippen LogP contribution in [0.2, 0.25) is 0 Å². The molecule has 2 aromatic rings. The van der Waals surface area contributed by atoms with E-state index in [-0.39, 0.29) is 23.9 Å². The molecule has 3 rings (SSSR count). The minimum Gasteiger partial charge on any atom is -0.507 e. The third kappa shape index (κ3) is 3.43. The van der Waals surface area contributed by atoms with Gasteiger partial charge in [-0.2, -0.15) is 0 Å². The molecule has 0 saturated carbocycles. The summed E-state index contributed by atoms with van der Waals surface area (Å²) in [6.07, 6.45) is 3.16. The number of amides is 1. The van der Waals surface area contributed by atoms with E-state index in [4.69, 9.17) is 4.42 Å². The van der Waals surface area contributed by atoms with Gasteiger partial charge in [0, 0.05) is 6.04 Å². The SMILES string of the molecule is CN1CCC(N(Cc2ccco2)C(=O)c2c(O)cccc2F)CC1. The number of piperidine rings is 1. The lowest BCUT2D eigenvalue weighted by Crippen LogP contribution is -2.46. The monoisotopic (exact) mass is 332 g/mol. The van der Waals surface area contributed by atoms with Crippen LogP contribution < -0.4 is 0 Å². The van der Waals surface area contributed by atoms with Gasteiger partial charge in [-0.25, -0.2) is 4.39 Å². The summed E-state index contributed by atoms with van der Waals surface area (Å²) in [4.78, 5) is 16.8. The largest absolute Gasteiger partial charge is 0.507 e. The van der Waals surface area contributed by atoms with E-state index < -0.39 is 11.7 Å². The first-order chi connectivity index (χ1) is 11.6. The molecule has 1 aromatic heterocycles. The first-order valence-electron chi connectivity index (χ1n) is 8.05. The van der Waals surface area contributed by atoms with Crippen LogP contribution >= 0.6 is 0 Å². The van der Waals surface area contributed by atoms with Crippen LogP contribution in [0.15, 0.2) is 41.0 Å². The van der Waals surface area contributed by atoms with Crippen molar-refractivity contribution in [1.29, 1.82) is 0 Å². The summed E-state index contributed by atoms with van der Waals surface area (Å²) in [5.74, 6) is -0.913. The standard InChI is InChI=1S/C18H21FN2O3/c1-20-9-7-13(8-10-20)21(12-14-4-3-11-24-14)18(23)17-15(19)5-2-6-16(17)22/h2-6,11,13,22H,7-10,12H2,1H3. The molecule has 0 bridgehead atoms. The van der Waals surface area contributed by atoms with Gasteiger partial charge in [-0.05, 0) is 57.2 Å². The molecule has 1 saturated heterocycles. The molecule has 1 aromatic carbocycles. The predicted molar refractivity (Wildman–Crippen MR) is 87.2 cm³/mol. The van der Waals surface area contributed by atoms with E-state index in [0.29, 0.717) is 5.76 Å². The van der Waals surface area contributed by atoms with Crippen LogP contribution in [0.5, 0.6) is 5.75 Å². The highest BCUT2D eigenvalue weighted by Crippen LogP contribution is 2.26. The summed E-state index contributed by atoms with van der Waals surface area (Å²) in [6.45, 7) is 2.00. The lowest BCUT2D eigenvalue weighted by atomic mass is 10.0. The van der Waals surface area contributed by atoms with Crippen molar-refractivity contribution in [2.75, 3.05) is 20.1 Å². The van der Waals surface area contributed by atoms with Gasteiger partial charge in [-0.3, -0.25) is 4.79 Å². The Labute approximate surface area is 140 Å². The second kappa shape index (κ2) is 7.05. The first kappa shape index (κ1) is 16.5. The summed E-state index contributed by atoms with van der Waals surface area (Å²) in [5, 5.41) is 9.96. The van der Waals surface area contributed by atoms with Crippen molar-refractivity contribution in [1.82, 2.24) is 9.80 Å². The van der Waals surface area contributed by atoms with E-state index in [1.165, 1.54) is 18.2 Å². The average molecular weight is 332 g/mol. The topological polar surface area (TPSA) is 56.9 Å². The average Bonchev–Trinajstić information content (AvgIpc) is 3.06. The molecule has 24 heavy (non-hydrogen) atoms. The van der Waals surface area contributed by atoms with Gasteiger partial charge in [0.1, 0.15) is 22.9 Å². The zero-order valence-electron chi connectivity index (χ0n) is 13.6. The highest BCUT2D eigenvalue weighted by Gasteiger charge is 2.31. The number of rotatable bonds is 4. The van der Waals surface area contributed by atoms with Crippen LogP contribution in [0.4, 0.5) is 4.39 Å². The normalized spacial score (nSPS) is 16.2. The van der Waals surface area contributed by atoms with Crippen LogP contribution in [-0.4, -0.2) is 47.0 Å². The summed E-state index contributed by atoms with van der Waals surface area (Å²) in [5.41, 5.74) is -0.275. The smallest absolute Gasteiger partial charge is 0.261 e. The van der Waals surface area contributed by atoms with Gasteiger partial charge in [0.25, 0.3) is 5.91 Å². The maximum atomic E-state index is 14.1. The molecule has 0 aliphatic carbocycles. The molecule has 0 radical (unpaired) electrons. The second-order valence-electron chi connectivity index (χ2n) is 6.18. The first-order valence-corrected chi connectivity index (χ1v) is 8.05. The van der Waals surface area contributed by atoms with Crippen molar-refractivity contribution >= 4 is 5.91 Å². The fourth-order valence-corrected chi connectivity index (χ4v) is 3.11. The number of nitrogens with zero attached hydrogens (tertiary/aromatic N) is 2. The van der Waals surface area contributed by atoms with Crippen molar-refractivity contribution < 1.29 is 18.7 Å². The molecular formula is C18H21FN2O3. The third-order valence-electron chi connectivity index (χ3n) is 4.50. The van der Waals surface area contributed by atoms with Gasteiger partial charge in [0.05, 0.1) is 12.8 Å². The number of halogens is 1. The van der Waals surface area contributed by atoms with Gasteiger partial charge in [0.2, 0.25) is 0 Å². The Bertz CT molecular complexity index is 674. The maximum Gasteiger partial charge on any atom is 0.261 e. The Morgan fingerprint density at radius 2 is 2.08 bits per heavy atom. The van der Waals surface area contributed by atoms with Gasteiger partial charge in [-0.1, -0.05) is 6.07 Å². The number of benzene rings is 1. The molecule has 1 N–H and O–H groups in total. The number of aromatic hydroxyl groups is 1. The Morgan fingerprint density at radius 3 is 2.71 bits per heavy atom. The predicted octanol–water partition coefficient (Wildman–Crippen LogP) is 2.86. The summed E-state index contributed by atoms with van der Waals surface area (Å²) < 4.78 is 19.5. The number of phenols is 1. The highest BCUT2D eigenvalue weighted by molar-refractivity contribution is 5.97. The molecule has 0 unspecified atom stereocenters. The number of likely N-dealkylation sites (tertiary alicyclic amines) is 1. The molecule has 128 valence electrons. The van der Waals surface area contributed by atoms with Crippen LogP contribution in [0, 0.1) is 5.82 Å². The third-order valence-corrected chi connectivity index (χ3v) is 4.50. The van der Waals surface area contributed by atoms with E-state index in [1.807, 2.05) is 7.05 Å². The van der Waals surface area contributed by atoms with E-state index >= 15 is 0 Å². The molecular weight excluding hydrogens is 311 g/mol. The Hall–Kier alpha value is -2.34. The van der Waals surface area contributed by atoms with Gasteiger partial charge >= 0.3 is 0 Å². The summed E-state index contributed by atoms with van der Waals surface area (Å²) in [7, 11) is 2.04. The number of carbonyl (C=O) groups excluding carboxylic acids is 1. The highest BCUT2D eigenvalue weighted by atomic mass is 19.1. The molecule has 2 heterocycles. The van der Waals surface area contributed by atoms with E-state index in [0.717, 1.165) is 25.9 Å². The molecule has 0 atom stereocenters. The number of hydrogen-bond acceptors (Lipinski definition) is 4. The Kier molecular flexibility index (Phi) is 4.85. The fraction of sp³-hybridized carbons (Fsp3) is 0.389. The van der Waals surface area contributed by atoms with Crippen molar-refractivity contribution in [2.24, 2.45) is 0 Å². The Balaban J connectivity index is 1.90. The fourth-order valence-electron chi connectivity index (χ4n) is 3.11. The van der Waals surface area contributed by atoms with Gasteiger partial charge in [0.15, 0.2) is 0 Å². The van der Waals surface area contributed by atoms with E-state index in [1.54, 1.807) is 23.3 Å². The maximum absolute atomic E-state index is 14.1. The Morgan fingerprint density at radius 1 is 1.33 bits per heavy atom. The molecule has 5 nitrogen and oxygen atoms in total. The molecule has 1 amide bonds. The van der Waals surface area contributed by atoms with E-state index in [2.05, 4.69) is 4.90 Å². The number of phenolic OH excluding ortho intramolecular Hbond substituents is 1. The lowest BCUT2D eigenvalue weighted by Gasteiger charge is -2.37. The number of hydrogen-bond donors (Lipinski definition) is 1. The van der Waals surface area contributed by atoms with Crippen LogP contribution in [0.3, 0.4) is 0 Å². The van der Waals surface area contributed by atoms with E-state index in [9.17, 15) is 14.3 Å². The molecule has 1 aliphatic heterocycles. The summed E-state index contributed by atoms with van der Waals surface area (Å²) in [6, 6.07) is 7.43. The van der Waals surface area contributed by atoms with Crippen molar-refractivity contribution in [2.45, 2.75) is 25.4 Å². The number of carbonyl (C=O) groups is 1. The van der Waals surface area contributed by atoms with Gasteiger partial charge < -0.3 is 19.3 Å². The van der Waals surface area contributed by atoms with Crippen molar-refractivity contribution in [3.63, 3.8) is 0 Å². The quantitative estimate of drug-likeness (QED) is 0.935. The zero-order valence-corrected chi connectivity index (χ0v) is 13.6. The minimum atomic E-state index is -0.711. The molecule has 1 fully saturated rings. The zero-order chi connectivity index (χ0) is 17.1. The molecule has 1 aliphatic rings. The second-order valence-corrected chi connectivity index (χ2v) is 6.18. The van der Waals surface area contributed by atoms with Crippen LogP contribution in [0.1, 0.15) is 29.0 Å². The van der Waals surface area contributed by atoms with Crippen molar-refractivity contribution in [3.05, 3.63) is 53.7 Å². The van der Waals surface area contributed by atoms with Crippen molar-refractivity contribution in [3.8, 4) is 5.75 Å².